The molecule has 7 nitrogen and oxygen atoms in total. The molecular weight excluding hydrogens is 272 g/mol. The first-order valence-electron chi connectivity index (χ1n) is 6.63. The van der Waals surface area contributed by atoms with E-state index in [-0.39, 0.29) is 25.2 Å². The first-order valence-corrected chi connectivity index (χ1v) is 6.63. The Morgan fingerprint density at radius 1 is 1.43 bits per heavy atom. The van der Waals surface area contributed by atoms with Crippen molar-refractivity contribution in [3.63, 3.8) is 0 Å². The van der Waals surface area contributed by atoms with Crippen LogP contribution < -0.4 is 5.32 Å². The van der Waals surface area contributed by atoms with E-state index in [4.69, 9.17) is 9.63 Å². The molecule has 0 fully saturated rings. The van der Waals surface area contributed by atoms with Crippen LogP contribution in [0.1, 0.15) is 18.8 Å². The normalized spacial score (nSPS) is 12.0. The highest BCUT2D eigenvalue weighted by Crippen LogP contribution is 2.18. The summed E-state index contributed by atoms with van der Waals surface area (Å²) in [7, 11) is 1.60. The zero-order chi connectivity index (χ0) is 15.2. The Kier molecular flexibility index (Phi) is 4.89. The SMILES string of the molecule is CC(NC(=O)N(C)CCO)c1noc(-c2ccccc2)n1. The highest BCUT2D eigenvalue weighted by molar-refractivity contribution is 5.74. The molecule has 1 aromatic carbocycles. The lowest BCUT2D eigenvalue weighted by molar-refractivity contribution is 0.187. The fraction of sp³-hybridized carbons (Fsp3) is 0.357. The fourth-order valence-electron chi connectivity index (χ4n) is 1.72. The first kappa shape index (κ1) is 15.0. The molecular formula is C14H18N4O3. The number of aromatic nitrogens is 2. The van der Waals surface area contributed by atoms with Crippen LogP contribution in [-0.2, 0) is 0 Å². The Hall–Kier alpha value is -2.41. The van der Waals surface area contributed by atoms with Crippen molar-refractivity contribution in [3.8, 4) is 11.5 Å². The van der Waals surface area contributed by atoms with Crippen molar-refractivity contribution in [2.24, 2.45) is 0 Å². The second-order valence-electron chi connectivity index (χ2n) is 4.64. The van der Waals surface area contributed by atoms with Gasteiger partial charge in [-0.1, -0.05) is 23.4 Å². The number of nitrogens with zero attached hydrogens (tertiary/aromatic N) is 3. The zero-order valence-corrected chi connectivity index (χ0v) is 12.0. The van der Waals surface area contributed by atoms with Crippen molar-refractivity contribution >= 4 is 6.03 Å². The van der Waals surface area contributed by atoms with E-state index in [9.17, 15) is 4.79 Å². The molecule has 2 N–H and O–H groups in total. The molecule has 1 atom stereocenters. The number of carbonyl (C=O) groups is 1. The van der Waals surface area contributed by atoms with Crippen molar-refractivity contribution in [2.45, 2.75) is 13.0 Å². The van der Waals surface area contributed by atoms with Crippen LogP contribution in [-0.4, -0.2) is 46.4 Å². The second kappa shape index (κ2) is 6.85. The van der Waals surface area contributed by atoms with Gasteiger partial charge in [0.05, 0.1) is 12.6 Å². The monoisotopic (exact) mass is 290 g/mol. The van der Waals surface area contributed by atoms with Crippen LogP contribution in [0.2, 0.25) is 0 Å². The summed E-state index contributed by atoms with van der Waals surface area (Å²) in [5.41, 5.74) is 0.826. The summed E-state index contributed by atoms with van der Waals surface area (Å²) in [5, 5.41) is 15.4. The van der Waals surface area contributed by atoms with Crippen LogP contribution in [0.15, 0.2) is 34.9 Å². The van der Waals surface area contributed by atoms with Gasteiger partial charge in [-0.05, 0) is 19.1 Å². The lowest BCUT2D eigenvalue weighted by Crippen LogP contribution is -2.40. The maximum absolute atomic E-state index is 11.8. The highest BCUT2D eigenvalue weighted by Gasteiger charge is 2.18. The third-order valence-electron chi connectivity index (χ3n) is 2.97. The molecule has 2 rings (SSSR count). The summed E-state index contributed by atoms with van der Waals surface area (Å²) in [6.45, 7) is 1.95. The van der Waals surface area contributed by atoms with E-state index < -0.39 is 0 Å². The Morgan fingerprint density at radius 3 is 2.81 bits per heavy atom. The lowest BCUT2D eigenvalue weighted by Gasteiger charge is -2.18. The van der Waals surface area contributed by atoms with Crippen molar-refractivity contribution in [2.75, 3.05) is 20.2 Å². The van der Waals surface area contributed by atoms with Gasteiger partial charge in [0, 0.05) is 19.2 Å². The van der Waals surface area contributed by atoms with Crippen LogP contribution in [0.3, 0.4) is 0 Å². The number of hydrogen-bond donors (Lipinski definition) is 2. The van der Waals surface area contributed by atoms with Crippen LogP contribution in [0.25, 0.3) is 11.5 Å². The van der Waals surface area contributed by atoms with Crippen LogP contribution >= 0.6 is 0 Å². The smallest absolute Gasteiger partial charge is 0.317 e. The Balaban J connectivity index is 2.02. The average molecular weight is 290 g/mol. The van der Waals surface area contributed by atoms with Gasteiger partial charge in [0.2, 0.25) is 0 Å². The molecule has 1 heterocycles. The van der Waals surface area contributed by atoms with Gasteiger partial charge in [-0.2, -0.15) is 4.98 Å². The highest BCUT2D eigenvalue weighted by atomic mass is 16.5. The molecule has 21 heavy (non-hydrogen) atoms. The first-order chi connectivity index (χ1) is 10.1. The Bertz CT molecular complexity index is 585. The molecule has 1 unspecified atom stereocenters. The largest absolute Gasteiger partial charge is 0.395 e. The third kappa shape index (κ3) is 3.79. The van der Waals surface area contributed by atoms with Gasteiger partial charge in [-0.3, -0.25) is 0 Å². The number of aliphatic hydroxyl groups excluding tert-OH is 1. The molecule has 0 aliphatic carbocycles. The number of hydrogen-bond acceptors (Lipinski definition) is 5. The number of amides is 2. The molecule has 2 aromatic rings. The third-order valence-corrected chi connectivity index (χ3v) is 2.97. The summed E-state index contributed by atoms with van der Waals surface area (Å²) in [5.74, 6) is 0.815. The predicted molar refractivity (Wildman–Crippen MR) is 76.4 cm³/mol. The average Bonchev–Trinajstić information content (AvgIpc) is 2.98. The predicted octanol–water partition coefficient (Wildman–Crippen LogP) is 1.43. The van der Waals surface area contributed by atoms with E-state index in [1.54, 1.807) is 14.0 Å². The van der Waals surface area contributed by atoms with Gasteiger partial charge in [0.1, 0.15) is 0 Å². The topological polar surface area (TPSA) is 91.5 Å². The summed E-state index contributed by atoms with van der Waals surface area (Å²) in [6, 6.07) is 8.72. The number of aliphatic hydroxyl groups is 1. The van der Waals surface area contributed by atoms with Crippen LogP contribution in [0.5, 0.6) is 0 Å². The molecule has 0 aliphatic rings. The van der Waals surface area contributed by atoms with E-state index >= 15 is 0 Å². The molecule has 0 saturated heterocycles. The molecule has 112 valence electrons. The minimum absolute atomic E-state index is 0.0847. The minimum Gasteiger partial charge on any atom is -0.395 e. The number of urea groups is 1. The number of rotatable bonds is 5. The van der Waals surface area contributed by atoms with Gasteiger partial charge in [0.25, 0.3) is 5.89 Å². The van der Waals surface area contributed by atoms with Crippen LogP contribution in [0, 0.1) is 0 Å². The number of likely N-dealkylation sites (N-methyl/N-ethyl adjacent to an activating group) is 1. The fourth-order valence-corrected chi connectivity index (χ4v) is 1.72. The van der Waals surface area contributed by atoms with E-state index in [1.165, 1.54) is 4.90 Å². The molecule has 2 amide bonds. The van der Waals surface area contributed by atoms with Crippen molar-refractivity contribution < 1.29 is 14.4 Å². The van der Waals surface area contributed by atoms with E-state index in [1.807, 2.05) is 30.3 Å². The summed E-state index contributed by atoms with van der Waals surface area (Å²) >= 11 is 0. The quantitative estimate of drug-likeness (QED) is 0.869. The molecule has 1 aromatic heterocycles. The van der Waals surface area contributed by atoms with Crippen molar-refractivity contribution in [3.05, 3.63) is 36.2 Å². The summed E-state index contributed by atoms with van der Waals surface area (Å²) < 4.78 is 5.20. The Labute approximate surface area is 122 Å². The van der Waals surface area contributed by atoms with Crippen molar-refractivity contribution in [1.82, 2.24) is 20.4 Å². The van der Waals surface area contributed by atoms with Crippen molar-refractivity contribution in [1.29, 1.82) is 0 Å². The van der Waals surface area contributed by atoms with E-state index in [2.05, 4.69) is 15.5 Å². The van der Waals surface area contributed by atoms with E-state index in [0.717, 1.165) is 5.56 Å². The molecule has 7 heteroatoms. The Morgan fingerprint density at radius 2 is 2.14 bits per heavy atom. The summed E-state index contributed by atoms with van der Waals surface area (Å²) in [6.07, 6.45) is 0. The maximum Gasteiger partial charge on any atom is 0.317 e. The van der Waals surface area contributed by atoms with Gasteiger partial charge in [-0.15, -0.1) is 0 Å². The number of nitrogens with one attached hydrogen (secondary N) is 1. The minimum atomic E-state index is -0.389. The van der Waals surface area contributed by atoms with Gasteiger partial charge in [-0.25, -0.2) is 4.79 Å². The van der Waals surface area contributed by atoms with Gasteiger partial charge in [0.15, 0.2) is 5.82 Å². The molecule has 0 radical (unpaired) electrons. The number of benzene rings is 1. The molecule has 0 aliphatic heterocycles. The van der Waals surface area contributed by atoms with E-state index in [0.29, 0.717) is 11.7 Å². The maximum atomic E-state index is 11.8. The molecule has 0 spiro atoms. The number of carbonyl (C=O) groups excluding carboxylic acids is 1. The van der Waals surface area contributed by atoms with Gasteiger partial charge < -0.3 is 19.8 Å². The standard InChI is InChI=1S/C14H18N4O3/c1-10(15-14(20)18(2)8-9-19)12-16-13(21-17-12)11-6-4-3-5-7-11/h3-7,10,19H,8-9H2,1-2H3,(H,15,20). The van der Waals surface area contributed by atoms with Gasteiger partial charge >= 0.3 is 6.03 Å². The molecule has 0 bridgehead atoms. The zero-order valence-electron chi connectivity index (χ0n) is 12.0. The summed E-state index contributed by atoms with van der Waals surface area (Å²) in [4.78, 5) is 17.5. The second-order valence-corrected chi connectivity index (χ2v) is 4.64. The molecule has 0 saturated carbocycles. The van der Waals surface area contributed by atoms with Crippen LogP contribution in [0.4, 0.5) is 4.79 Å². The lowest BCUT2D eigenvalue weighted by atomic mass is 10.2.